The summed E-state index contributed by atoms with van der Waals surface area (Å²) in [6.45, 7) is 0. The van der Waals surface area contributed by atoms with Crippen LogP contribution >= 0.6 is 23.2 Å². The predicted octanol–water partition coefficient (Wildman–Crippen LogP) is 6.61. The second-order valence-corrected chi connectivity index (χ2v) is 9.44. The highest BCUT2D eigenvalue weighted by molar-refractivity contribution is 6.42. The lowest BCUT2D eigenvalue weighted by molar-refractivity contribution is 0.188. The first-order valence-corrected chi connectivity index (χ1v) is 11.7. The normalized spacial score (nSPS) is 18.9. The maximum absolute atomic E-state index is 13.4. The number of hydrogen-bond donors (Lipinski definition) is 1. The van der Waals surface area contributed by atoms with Crippen molar-refractivity contribution in [1.29, 1.82) is 0 Å². The molecule has 2 amide bonds. The Labute approximate surface area is 203 Å². The summed E-state index contributed by atoms with van der Waals surface area (Å²) in [5.74, 6) is 0.129. The Morgan fingerprint density at radius 2 is 1.79 bits per heavy atom. The van der Waals surface area contributed by atoms with E-state index in [1.165, 1.54) is 5.56 Å². The van der Waals surface area contributed by atoms with E-state index in [4.69, 9.17) is 28.3 Å². The molecule has 0 saturated carbocycles. The Hall–Kier alpha value is -3.02. The molecule has 5 nitrogen and oxygen atoms in total. The molecule has 0 fully saturated rings. The zero-order valence-electron chi connectivity index (χ0n) is 18.4. The van der Waals surface area contributed by atoms with E-state index in [2.05, 4.69) is 52.7 Å². The smallest absolute Gasteiger partial charge is 0.342 e. The molecule has 1 aliphatic heterocycles. The summed E-state index contributed by atoms with van der Waals surface area (Å²) in [5, 5.41) is 10.2. The van der Waals surface area contributed by atoms with Gasteiger partial charge in [0.2, 0.25) is 0 Å². The Bertz CT molecular complexity index is 1240. The number of nitrogens with zero attached hydrogens (tertiary/aromatic N) is 3. The Balaban J connectivity index is 1.52. The lowest BCUT2D eigenvalue weighted by Crippen LogP contribution is -2.34. The fraction of sp³-hybridized carbons (Fsp3) is 0.231. The van der Waals surface area contributed by atoms with Crippen molar-refractivity contribution in [3.63, 3.8) is 0 Å². The fourth-order valence-electron chi connectivity index (χ4n) is 4.69. The lowest BCUT2D eigenvalue weighted by atomic mass is 9.77. The summed E-state index contributed by atoms with van der Waals surface area (Å²) in [5.41, 5.74) is 6.13. The van der Waals surface area contributed by atoms with Crippen LogP contribution in [0.3, 0.4) is 0 Å². The molecule has 168 valence electrons. The second-order valence-electron chi connectivity index (χ2n) is 8.62. The van der Waals surface area contributed by atoms with E-state index >= 15 is 0 Å². The summed E-state index contributed by atoms with van der Waals surface area (Å²) in [7, 11) is 4.03. The minimum absolute atomic E-state index is 0.129. The largest absolute Gasteiger partial charge is 0.378 e. The summed E-state index contributed by atoms with van der Waals surface area (Å²) in [6, 6.07) is 21.3. The molecule has 3 aromatic carbocycles. The van der Waals surface area contributed by atoms with Crippen molar-refractivity contribution >= 4 is 46.3 Å². The number of urea groups is 1. The van der Waals surface area contributed by atoms with Crippen LogP contribution in [0.5, 0.6) is 0 Å². The number of hydrazone groups is 1. The van der Waals surface area contributed by atoms with E-state index in [1.54, 1.807) is 23.2 Å². The van der Waals surface area contributed by atoms with Crippen LogP contribution in [-0.2, 0) is 6.42 Å². The Morgan fingerprint density at radius 3 is 2.52 bits per heavy atom. The molecule has 0 bridgehead atoms. The van der Waals surface area contributed by atoms with Gasteiger partial charge < -0.3 is 10.2 Å². The molecular formula is C26H24Cl2N4O. The third-order valence-electron chi connectivity index (χ3n) is 6.36. The van der Waals surface area contributed by atoms with Gasteiger partial charge in [-0.05, 0) is 54.3 Å². The first-order valence-electron chi connectivity index (χ1n) is 10.9. The standard InChI is InChI=1S/C26H24Cl2N4O/c1-31(2)19-11-7-17(8-12-19)25-21-13-9-16-5-3-4-6-20(16)24(21)30-32(25)26(33)29-18-10-14-22(27)23(28)15-18/h3-8,10-12,14-15,21,25H,9,13H2,1-2H3,(H,29,33). The molecule has 7 heteroatoms. The van der Waals surface area contributed by atoms with Crippen LogP contribution in [0.4, 0.5) is 16.2 Å². The molecule has 3 aromatic rings. The third-order valence-corrected chi connectivity index (χ3v) is 7.10. The number of halogens is 2. The third kappa shape index (κ3) is 4.07. The van der Waals surface area contributed by atoms with Crippen molar-refractivity contribution in [2.45, 2.75) is 18.9 Å². The number of carbonyl (C=O) groups excluding carboxylic acids is 1. The first kappa shape index (κ1) is 21.8. The monoisotopic (exact) mass is 478 g/mol. The molecule has 0 radical (unpaired) electrons. The molecule has 2 aliphatic rings. The van der Waals surface area contributed by atoms with Gasteiger partial charge in [0, 0.05) is 37.0 Å². The van der Waals surface area contributed by atoms with Crippen molar-refractivity contribution in [2.75, 3.05) is 24.3 Å². The predicted molar refractivity (Wildman–Crippen MR) is 136 cm³/mol. The van der Waals surface area contributed by atoms with Gasteiger partial charge in [-0.1, -0.05) is 59.6 Å². The number of nitrogens with one attached hydrogen (secondary N) is 1. The summed E-state index contributed by atoms with van der Waals surface area (Å²) < 4.78 is 0. The van der Waals surface area contributed by atoms with Gasteiger partial charge in [-0.25, -0.2) is 9.80 Å². The highest BCUT2D eigenvalue weighted by Gasteiger charge is 2.44. The van der Waals surface area contributed by atoms with Crippen molar-refractivity contribution in [1.82, 2.24) is 5.01 Å². The number of amides is 2. The van der Waals surface area contributed by atoms with Crippen LogP contribution in [-0.4, -0.2) is 30.8 Å². The topological polar surface area (TPSA) is 47.9 Å². The number of rotatable bonds is 3. The number of fused-ring (bicyclic) bond motifs is 3. The van der Waals surface area contributed by atoms with Gasteiger partial charge in [0.15, 0.2) is 0 Å². The molecule has 1 aliphatic carbocycles. The van der Waals surface area contributed by atoms with Gasteiger partial charge in [0.05, 0.1) is 21.8 Å². The van der Waals surface area contributed by atoms with E-state index in [1.807, 2.05) is 20.2 Å². The molecule has 2 unspecified atom stereocenters. The molecule has 0 saturated heterocycles. The minimum atomic E-state index is -0.297. The molecule has 1 heterocycles. The molecule has 1 N–H and O–H groups in total. The number of carbonyl (C=O) groups is 1. The van der Waals surface area contributed by atoms with Crippen molar-refractivity contribution < 1.29 is 4.79 Å². The average Bonchev–Trinajstić information content (AvgIpc) is 3.22. The van der Waals surface area contributed by atoms with Crippen molar-refractivity contribution in [2.24, 2.45) is 11.0 Å². The highest BCUT2D eigenvalue weighted by atomic mass is 35.5. The lowest BCUT2D eigenvalue weighted by Gasteiger charge is -2.30. The molecule has 0 aromatic heterocycles. The number of hydrogen-bond acceptors (Lipinski definition) is 3. The van der Waals surface area contributed by atoms with Gasteiger partial charge in [-0.15, -0.1) is 0 Å². The van der Waals surface area contributed by atoms with Crippen LogP contribution in [0.15, 0.2) is 71.8 Å². The summed E-state index contributed by atoms with van der Waals surface area (Å²) >= 11 is 12.2. The Kier molecular flexibility index (Phi) is 5.77. The SMILES string of the molecule is CN(C)c1ccc(C2C3CCc4ccccc4C3=NN2C(=O)Nc2ccc(Cl)c(Cl)c2)cc1. The molecule has 33 heavy (non-hydrogen) atoms. The molecule has 2 atom stereocenters. The van der Waals surface area contributed by atoms with Gasteiger partial charge in [0.25, 0.3) is 0 Å². The van der Waals surface area contributed by atoms with Gasteiger partial charge in [0.1, 0.15) is 0 Å². The summed E-state index contributed by atoms with van der Waals surface area (Å²) in [6.07, 6.45) is 1.90. The molecule has 0 spiro atoms. The van der Waals surface area contributed by atoms with Crippen LogP contribution in [0, 0.1) is 5.92 Å². The Morgan fingerprint density at radius 1 is 1.03 bits per heavy atom. The number of benzene rings is 3. The van der Waals surface area contributed by atoms with Crippen LogP contribution in [0.1, 0.15) is 29.2 Å². The quantitative estimate of drug-likeness (QED) is 0.459. The number of aryl methyl sites for hydroxylation is 1. The summed E-state index contributed by atoms with van der Waals surface area (Å²) in [4.78, 5) is 15.5. The number of anilines is 2. The minimum Gasteiger partial charge on any atom is -0.378 e. The second kappa shape index (κ2) is 8.73. The van der Waals surface area contributed by atoms with Crippen molar-refractivity contribution in [3.8, 4) is 0 Å². The van der Waals surface area contributed by atoms with Gasteiger partial charge in [-0.2, -0.15) is 5.10 Å². The van der Waals surface area contributed by atoms with Crippen LogP contribution < -0.4 is 10.2 Å². The van der Waals surface area contributed by atoms with Crippen LogP contribution in [0.25, 0.3) is 0 Å². The zero-order valence-corrected chi connectivity index (χ0v) is 19.9. The van der Waals surface area contributed by atoms with E-state index < -0.39 is 0 Å². The van der Waals surface area contributed by atoms with Gasteiger partial charge in [-0.3, -0.25) is 0 Å². The van der Waals surface area contributed by atoms with Crippen molar-refractivity contribution in [3.05, 3.63) is 93.5 Å². The highest BCUT2D eigenvalue weighted by Crippen LogP contribution is 2.44. The van der Waals surface area contributed by atoms with Crippen LogP contribution in [0.2, 0.25) is 10.0 Å². The molecular weight excluding hydrogens is 455 g/mol. The van der Waals surface area contributed by atoms with E-state index in [0.29, 0.717) is 15.7 Å². The average molecular weight is 479 g/mol. The van der Waals surface area contributed by atoms with Gasteiger partial charge >= 0.3 is 6.03 Å². The van der Waals surface area contributed by atoms with E-state index in [9.17, 15) is 4.79 Å². The maximum atomic E-state index is 13.4. The molecule has 5 rings (SSSR count). The van der Waals surface area contributed by atoms with E-state index in [-0.39, 0.29) is 18.0 Å². The fourth-order valence-corrected chi connectivity index (χ4v) is 4.99. The zero-order chi connectivity index (χ0) is 23.1. The maximum Gasteiger partial charge on any atom is 0.342 e. The van der Waals surface area contributed by atoms with E-state index in [0.717, 1.165) is 35.4 Å². The first-order chi connectivity index (χ1) is 15.9.